The Bertz CT molecular complexity index is 616. The van der Waals surface area contributed by atoms with Gasteiger partial charge in [0.1, 0.15) is 12.1 Å². The van der Waals surface area contributed by atoms with Gasteiger partial charge in [0.25, 0.3) is 0 Å². The van der Waals surface area contributed by atoms with Crippen molar-refractivity contribution < 1.29 is 8.42 Å². The summed E-state index contributed by atoms with van der Waals surface area (Å²) < 4.78 is 25.3. The van der Waals surface area contributed by atoms with E-state index >= 15 is 0 Å². The fourth-order valence-electron chi connectivity index (χ4n) is 3.14. The largest absolute Gasteiger partial charge is 0.370 e. The van der Waals surface area contributed by atoms with Crippen molar-refractivity contribution in [2.75, 3.05) is 24.7 Å². The van der Waals surface area contributed by atoms with E-state index in [9.17, 15) is 8.42 Å². The van der Waals surface area contributed by atoms with Crippen LogP contribution in [0.1, 0.15) is 50.1 Å². The molecule has 6 nitrogen and oxygen atoms in total. The third-order valence-electron chi connectivity index (χ3n) is 4.47. The molecule has 1 saturated carbocycles. The van der Waals surface area contributed by atoms with Crippen molar-refractivity contribution in [3.63, 3.8) is 0 Å². The number of sulfonamides is 1. The second-order valence-electron chi connectivity index (χ2n) is 6.34. The standard InChI is InChI=1S/C15H24N4O2S/c1-22(20,21)19-9-3-2-4-13(19)7-8-16-15-10-14(12-5-6-12)17-11-18-15/h10-13H,2-9H2,1H3,(H,16,17,18)/t13-/m0/s1. The number of anilines is 1. The second-order valence-corrected chi connectivity index (χ2v) is 8.28. The zero-order valence-electron chi connectivity index (χ0n) is 13.0. The maximum atomic E-state index is 11.8. The Hall–Kier alpha value is -1.21. The molecule has 1 aliphatic heterocycles. The quantitative estimate of drug-likeness (QED) is 0.866. The van der Waals surface area contributed by atoms with Gasteiger partial charge in [-0.3, -0.25) is 0 Å². The molecule has 1 saturated heterocycles. The molecule has 2 aliphatic rings. The third kappa shape index (κ3) is 3.95. The molecule has 2 fully saturated rings. The highest BCUT2D eigenvalue weighted by Gasteiger charge is 2.29. The monoisotopic (exact) mass is 324 g/mol. The van der Waals surface area contributed by atoms with Crippen molar-refractivity contribution in [2.45, 2.75) is 50.5 Å². The van der Waals surface area contributed by atoms with Crippen LogP contribution in [0.15, 0.2) is 12.4 Å². The number of piperidine rings is 1. The minimum Gasteiger partial charge on any atom is -0.370 e. The molecule has 22 heavy (non-hydrogen) atoms. The molecule has 1 atom stereocenters. The van der Waals surface area contributed by atoms with Crippen molar-refractivity contribution >= 4 is 15.8 Å². The van der Waals surface area contributed by atoms with Crippen LogP contribution in [0.5, 0.6) is 0 Å². The van der Waals surface area contributed by atoms with Gasteiger partial charge in [-0.1, -0.05) is 6.42 Å². The van der Waals surface area contributed by atoms with E-state index in [0.717, 1.165) is 43.7 Å². The van der Waals surface area contributed by atoms with Gasteiger partial charge in [-0.2, -0.15) is 4.31 Å². The van der Waals surface area contributed by atoms with Gasteiger partial charge in [-0.15, -0.1) is 0 Å². The number of nitrogens with zero attached hydrogens (tertiary/aromatic N) is 3. The van der Waals surface area contributed by atoms with Gasteiger partial charge in [-0.25, -0.2) is 18.4 Å². The fraction of sp³-hybridized carbons (Fsp3) is 0.733. The molecule has 1 aromatic heterocycles. The number of nitrogens with one attached hydrogen (secondary N) is 1. The zero-order valence-corrected chi connectivity index (χ0v) is 13.8. The Labute approximate surface area is 132 Å². The van der Waals surface area contributed by atoms with Crippen molar-refractivity contribution in [1.82, 2.24) is 14.3 Å². The summed E-state index contributed by atoms with van der Waals surface area (Å²) in [4.78, 5) is 8.55. The molecular weight excluding hydrogens is 300 g/mol. The van der Waals surface area contributed by atoms with E-state index in [-0.39, 0.29) is 6.04 Å². The highest BCUT2D eigenvalue weighted by molar-refractivity contribution is 7.88. The average molecular weight is 324 g/mol. The van der Waals surface area contributed by atoms with Crippen LogP contribution in [0.25, 0.3) is 0 Å². The van der Waals surface area contributed by atoms with Crippen LogP contribution < -0.4 is 5.32 Å². The summed E-state index contributed by atoms with van der Waals surface area (Å²) in [6.07, 6.45) is 9.21. The van der Waals surface area contributed by atoms with E-state index in [2.05, 4.69) is 15.3 Å². The first-order chi connectivity index (χ1) is 10.5. The first-order valence-corrected chi connectivity index (χ1v) is 9.91. The van der Waals surface area contributed by atoms with Crippen LogP contribution in [0, 0.1) is 0 Å². The lowest BCUT2D eigenvalue weighted by atomic mass is 10.0. The molecule has 2 heterocycles. The van der Waals surface area contributed by atoms with Crippen molar-refractivity contribution in [3.05, 3.63) is 18.1 Å². The van der Waals surface area contributed by atoms with Crippen LogP contribution >= 0.6 is 0 Å². The van der Waals surface area contributed by atoms with Crippen molar-refractivity contribution in [1.29, 1.82) is 0 Å². The Morgan fingerprint density at radius 1 is 1.27 bits per heavy atom. The van der Waals surface area contributed by atoms with Gasteiger partial charge >= 0.3 is 0 Å². The van der Waals surface area contributed by atoms with Crippen molar-refractivity contribution in [3.8, 4) is 0 Å². The zero-order chi connectivity index (χ0) is 15.6. The maximum absolute atomic E-state index is 11.8. The lowest BCUT2D eigenvalue weighted by Gasteiger charge is -2.33. The average Bonchev–Trinajstić information content (AvgIpc) is 3.32. The van der Waals surface area contributed by atoms with Crippen LogP contribution in [0.4, 0.5) is 5.82 Å². The first kappa shape index (κ1) is 15.7. The number of hydrogen-bond donors (Lipinski definition) is 1. The lowest BCUT2D eigenvalue weighted by molar-refractivity contribution is 0.246. The molecule has 1 aromatic rings. The molecule has 0 unspecified atom stereocenters. The highest BCUT2D eigenvalue weighted by atomic mass is 32.2. The highest BCUT2D eigenvalue weighted by Crippen LogP contribution is 2.39. The third-order valence-corrected chi connectivity index (χ3v) is 5.80. The molecule has 7 heteroatoms. The minimum atomic E-state index is -3.10. The van der Waals surface area contributed by atoms with Gasteiger partial charge in [0.2, 0.25) is 10.0 Å². The second kappa shape index (κ2) is 6.50. The molecule has 0 spiro atoms. The predicted molar refractivity (Wildman–Crippen MR) is 86.3 cm³/mol. The van der Waals surface area contributed by atoms with Crippen LogP contribution in [0.2, 0.25) is 0 Å². The SMILES string of the molecule is CS(=O)(=O)N1CCCC[C@H]1CCNc1cc(C2CC2)ncn1. The maximum Gasteiger partial charge on any atom is 0.211 e. The van der Waals surface area contributed by atoms with Crippen molar-refractivity contribution in [2.24, 2.45) is 0 Å². The Balaban J connectivity index is 1.54. The summed E-state index contributed by atoms with van der Waals surface area (Å²) in [5, 5.41) is 3.31. The fourth-order valence-corrected chi connectivity index (χ4v) is 4.35. The van der Waals surface area contributed by atoms with Gasteiger partial charge < -0.3 is 5.32 Å². The molecule has 0 amide bonds. The molecule has 0 radical (unpaired) electrons. The predicted octanol–water partition coefficient (Wildman–Crippen LogP) is 1.97. The number of rotatable bonds is 6. The van der Waals surface area contributed by atoms with Gasteiger partial charge in [0.05, 0.1) is 6.26 Å². The molecule has 3 rings (SSSR count). The van der Waals surface area contributed by atoms with Crippen LogP contribution in [0.3, 0.4) is 0 Å². The minimum absolute atomic E-state index is 0.112. The summed E-state index contributed by atoms with van der Waals surface area (Å²) >= 11 is 0. The molecule has 0 aromatic carbocycles. The molecule has 1 aliphatic carbocycles. The van der Waals surface area contributed by atoms with E-state index in [1.807, 2.05) is 6.07 Å². The van der Waals surface area contributed by atoms with Crippen LogP contribution in [-0.2, 0) is 10.0 Å². The summed E-state index contributed by atoms with van der Waals surface area (Å²) in [7, 11) is -3.10. The smallest absolute Gasteiger partial charge is 0.211 e. The normalized spacial score (nSPS) is 23.4. The summed E-state index contributed by atoms with van der Waals surface area (Å²) in [5.41, 5.74) is 1.12. The summed E-state index contributed by atoms with van der Waals surface area (Å²) in [5.74, 6) is 1.46. The van der Waals surface area contributed by atoms with Gasteiger partial charge in [0.15, 0.2) is 0 Å². The van der Waals surface area contributed by atoms with E-state index in [4.69, 9.17) is 0 Å². The molecule has 0 bridgehead atoms. The van der Waals surface area contributed by atoms with E-state index in [0.29, 0.717) is 12.5 Å². The Morgan fingerprint density at radius 3 is 2.82 bits per heavy atom. The molecule has 1 N–H and O–H groups in total. The molecular formula is C15H24N4O2S. The van der Waals surface area contributed by atoms with E-state index in [1.54, 1.807) is 10.6 Å². The summed E-state index contributed by atoms with van der Waals surface area (Å²) in [6, 6.07) is 2.13. The van der Waals surface area contributed by atoms with E-state index in [1.165, 1.54) is 19.1 Å². The van der Waals surface area contributed by atoms with Crippen LogP contribution in [-0.4, -0.2) is 48.1 Å². The number of hydrogen-bond acceptors (Lipinski definition) is 5. The topological polar surface area (TPSA) is 75.2 Å². The van der Waals surface area contributed by atoms with Gasteiger partial charge in [0, 0.05) is 36.8 Å². The number of aromatic nitrogens is 2. The first-order valence-electron chi connectivity index (χ1n) is 8.06. The Morgan fingerprint density at radius 2 is 2.09 bits per heavy atom. The van der Waals surface area contributed by atoms with Gasteiger partial charge in [-0.05, 0) is 32.1 Å². The summed E-state index contributed by atoms with van der Waals surface area (Å²) in [6.45, 7) is 1.39. The lowest BCUT2D eigenvalue weighted by Crippen LogP contribution is -2.43. The van der Waals surface area contributed by atoms with E-state index < -0.39 is 10.0 Å². The Kier molecular flexibility index (Phi) is 4.63. The molecule has 122 valence electrons.